The molecule has 4 N–H and O–H groups in total. The zero-order chi connectivity index (χ0) is 14.6. The second-order valence-corrected chi connectivity index (χ2v) is 3.72. The molecule has 102 valence electrons. The molecule has 0 aliphatic carbocycles. The van der Waals surface area contributed by atoms with Crippen molar-refractivity contribution < 1.29 is 29.1 Å². The van der Waals surface area contributed by atoms with Gasteiger partial charge in [-0.3, -0.25) is 24.1 Å². The van der Waals surface area contributed by atoms with Crippen LogP contribution in [-0.2, 0) is 24.0 Å². The van der Waals surface area contributed by atoms with Gasteiger partial charge in [-0.1, -0.05) is 0 Å². The molecule has 0 radical (unpaired) electrons. The number of primary amides is 1. The fourth-order valence-electron chi connectivity index (χ4n) is 1.37. The number of carbonyl (C=O) groups excluding carboxylic acids is 4. The smallest absolute Gasteiger partial charge is 0.326 e. The van der Waals surface area contributed by atoms with E-state index in [4.69, 9.17) is 10.8 Å². The van der Waals surface area contributed by atoms with E-state index in [-0.39, 0.29) is 0 Å². The lowest BCUT2D eigenvalue weighted by Gasteiger charge is -2.16. The predicted molar refractivity (Wildman–Crippen MR) is 59.2 cm³/mol. The number of imide groups is 1. The van der Waals surface area contributed by atoms with Gasteiger partial charge in [0.15, 0.2) is 0 Å². The van der Waals surface area contributed by atoms with Crippen molar-refractivity contribution in [3.05, 3.63) is 12.2 Å². The van der Waals surface area contributed by atoms with Crippen molar-refractivity contribution in [1.29, 1.82) is 0 Å². The molecule has 4 amide bonds. The van der Waals surface area contributed by atoms with Crippen LogP contribution in [0.3, 0.4) is 0 Å². The quantitative estimate of drug-likeness (QED) is 0.449. The van der Waals surface area contributed by atoms with Crippen LogP contribution in [0.1, 0.15) is 6.42 Å². The molecule has 1 aliphatic rings. The molecular formula is C10H11N3O6. The van der Waals surface area contributed by atoms with Gasteiger partial charge in [-0.05, 0) is 0 Å². The molecule has 0 fully saturated rings. The summed E-state index contributed by atoms with van der Waals surface area (Å²) in [5.41, 5.74) is 4.83. The van der Waals surface area contributed by atoms with Crippen LogP contribution in [0.15, 0.2) is 12.2 Å². The van der Waals surface area contributed by atoms with E-state index in [1.165, 1.54) is 0 Å². The van der Waals surface area contributed by atoms with E-state index in [9.17, 15) is 24.0 Å². The number of nitrogens with one attached hydrogen (secondary N) is 1. The Bertz CT molecular complexity index is 466. The molecule has 1 atom stereocenters. The summed E-state index contributed by atoms with van der Waals surface area (Å²) < 4.78 is 0. The highest BCUT2D eigenvalue weighted by atomic mass is 16.4. The summed E-state index contributed by atoms with van der Waals surface area (Å²) in [5.74, 6) is -4.55. The summed E-state index contributed by atoms with van der Waals surface area (Å²) in [7, 11) is 0. The number of hydrogen-bond acceptors (Lipinski definition) is 5. The van der Waals surface area contributed by atoms with Crippen molar-refractivity contribution in [2.75, 3.05) is 6.54 Å². The molecule has 0 aromatic heterocycles. The van der Waals surface area contributed by atoms with E-state index in [1.54, 1.807) is 0 Å². The van der Waals surface area contributed by atoms with Gasteiger partial charge in [-0.25, -0.2) is 4.79 Å². The summed E-state index contributed by atoms with van der Waals surface area (Å²) in [6.07, 6.45) is 1.41. The SMILES string of the molecule is NC(=O)CC(NC(=O)CN1C(=O)C=CC1=O)C(=O)O. The average Bonchev–Trinajstić information content (AvgIpc) is 2.59. The maximum Gasteiger partial charge on any atom is 0.326 e. The van der Waals surface area contributed by atoms with E-state index >= 15 is 0 Å². The van der Waals surface area contributed by atoms with Gasteiger partial charge >= 0.3 is 5.97 Å². The van der Waals surface area contributed by atoms with E-state index < -0.39 is 48.6 Å². The van der Waals surface area contributed by atoms with Crippen LogP contribution in [0, 0.1) is 0 Å². The third kappa shape index (κ3) is 3.91. The van der Waals surface area contributed by atoms with Crippen LogP contribution in [0.25, 0.3) is 0 Å². The van der Waals surface area contributed by atoms with Gasteiger partial charge in [0.2, 0.25) is 11.8 Å². The molecule has 1 rings (SSSR count). The number of amides is 4. The average molecular weight is 269 g/mol. The van der Waals surface area contributed by atoms with Crippen LogP contribution in [0.4, 0.5) is 0 Å². The second kappa shape index (κ2) is 5.76. The third-order valence-corrected chi connectivity index (χ3v) is 2.24. The molecule has 9 heteroatoms. The van der Waals surface area contributed by atoms with Crippen LogP contribution >= 0.6 is 0 Å². The zero-order valence-electron chi connectivity index (χ0n) is 9.66. The molecule has 19 heavy (non-hydrogen) atoms. The monoisotopic (exact) mass is 269 g/mol. The number of aliphatic carboxylic acids is 1. The highest BCUT2D eigenvalue weighted by Crippen LogP contribution is 2.02. The third-order valence-electron chi connectivity index (χ3n) is 2.24. The Morgan fingerprint density at radius 3 is 2.21 bits per heavy atom. The minimum Gasteiger partial charge on any atom is -0.480 e. The summed E-state index contributed by atoms with van der Waals surface area (Å²) in [4.78, 5) is 55.8. The first kappa shape index (κ1) is 14.4. The van der Waals surface area contributed by atoms with Gasteiger partial charge in [-0.15, -0.1) is 0 Å². The van der Waals surface area contributed by atoms with E-state index in [1.807, 2.05) is 5.32 Å². The number of hydrogen-bond donors (Lipinski definition) is 3. The van der Waals surface area contributed by atoms with Crippen molar-refractivity contribution in [3.8, 4) is 0 Å². The minimum absolute atomic E-state index is 0.582. The second-order valence-electron chi connectivity index (χ2n) is 3.72. The van der Waals surface area contributed by atoms with Gasteiger partial charge < -0.3 is 16.2 Å². The summed E-state index contributed by atoms with van der Waals surface area (Å²) in [6.45, 7) is -0.618. The molecule has 0 saturated carbocycles. The lowest BCUT2D eigenvalue weighted by molar-refractivity contribution is -0.144. The summed E-state index contributed by atoms with van der Waals surface area (Å²) in [6, 6.07) is -1.49. The maximum absolute atomic E-state index is 11.5. The summed E-state index contributed by atoms with van der Waals surface area (Å²) >= 11 is 0. The van der Waals surface area contributed by atoms with Crippen LogP contribution in [0.5, 0.6) is 0 Å². The van der Waals surface area contributed by atoms with E-state index in [0.717, 1.165) is 12.2 Å². The highest BCUT2D eigenvalue weighted by Gasteiger charge is 2.28. The Morgan fingerprint density at radius 1 is 1.26 bits per heavy atom. The summed E-state index contributed by atoms with van der Waals surface area (Å²) in [5, 5.41) is 10.8. The fraction of sp³-hybridized carbons (Fsp3) is 0.300. The minimum atomic E-state index is -1.49. The van der Waals surface area contributed by atoms with Crippen LogP contribution < -0.4 is 11.1 Å². The molecule has 1 heterocycles. The van der Waals surface area contributed by atoms with Gasteiger partial charge in [-0.2, -0.15) is 0 Å². The largest absolute Gasteiger partial charge is 0.480 e. The molecule has 0 aromatic rings. The Labute approximate surface area is 107 Å². The zero-order valence-corrected chi connectivity index (χ0v) is 9.66. The van der Waals surface area contributed by atoms with Gasteiger partial charge in [0.25, 0.3) is 11.8 Å². The topological polar surface area (TPSA) is 147 Å². The number of carbonyl (C=O) groups is 5. The molecule has 0 bridgehead atoms. The Kier molecular flexibility index (Phi) is 4.35. The lowest BCUT2D eigenvalue weighted by atomic mass is 10.2. The number of carboxylic acids is 1. The first-order valence-corrected chi connectivity index (χ1v) is 5.15. The Morgan fingerprint density at radius 2 is 1.79 bits per heavy atom. The fourth-order valence-corrected chi connectivity index (χ4v) is 1.37. The Hall–Kier alpha value is -2.71. The molecule has 0 spiro atoms. The van der Waals surface area contributed by atoms with Crippen LogP contribution in [-0.4, -0.2) is 52.2 Å². The first-order chi connectivity index (χ1) is 8.81. The number of carboxylic acid groups (broad SMARTS) is 1. The lowest BCUT2D eigenvalue weighted by Crippen LogP contribution is -2.48. The standard InChI is InChI=1S/C10H11N3O6/c11-6(14)3-5(10(18)19)12-7(15)4-13-8(16)1-2-9(13)17/h1-2,5H,3-4H2,(H2,11,14)(H,12,15)(H,18,19). The molecule has 1 aliphatic heterocycles. The number of nitrogens with zero attached hydrogens (tertiary/aromatic N) is 1. The van der Waals surface area contributed by atoms with Crippen LogP contribution in [0.2, 0.25) is 0 Å². The first-order valence-electron chi connectivity index (χ1n) is 5.15. The van der Waals surface area contributed by atoms with E-state index in [0.29, 0.717) is 4.90 Å². The maximum atomic E-state index is 11.5. The molecule has 1 unspecified atom stereocenters. The number of rotatable bonds is 6. The van der Waals surface area contributed by atoms with Crippen molar-refractivity contribution in [1.82, 2.24) is 10.2 Å². The molecule has 0 aromatic carbocycles. The van der Waals surface area contributed by atoms with Gasteiger partial charge in [0, 0.05) is 12.2 Å². The van der Waals surface area contributed by atoms with Crippen molar-refractivity contribution >= 4 is 29.6 Å². The molecule has 9 nitrogen and oxygen atoms in total. The molecular weight excluding hydrogens is 258 g/mol. The molecule has 0 saturated heterocycles. The predicted octanol–water partition coefficient (Wildman–Crippen LogP) is -2.64. The number of nitrogens with two attached hydrogens (primary N) is 1. The Balaban J connectivity index is 2.58. The normalized spacial score (nSPS) is 15.5. The van der Waals surface area contributed by atoms with Gasteiger partial charge in [0.05, 0.1) is 6.42 Å². The van der Waals surface area contributed by atoms with Gasteiger partial charge in [0.1, 0.15) is 12.6 Å². The van der Waals surface area contributed by atoms with Crippen molar-refractivity contribution in [2.45, 2.75) is 12.5 Å². The van der Waals surface area contributed by atoms with Crippen molar-refractivity contribution in [2.24, 2.45) is 5.73 Å². The van der Waals surface area contributed by atoms with E-state index in [2.05, 4.69) is 0 Å². The van der Waals surface area contributed by atoms with Crippen molar-refractivity contribution in [3.63, 3.8) is 0 Å². The highest BCUT2D eigenvalue weighted by molar-refractivity contribution is 6.14.